The van der Waals surface area contributed by atoms with Crippen LogP contribution in [-0.2, 0) is 17.9 Å². The van der Waals surface area contributed by atoms with E-state index in [1.807, 2.05) is 43.3 Å². The molecule has 3 aromatic rings. The molecule has 2 amide bonds. The van der Waals surface area contributed by atoms with Gasteiger partial charge in [0.25, 0.3) is 5.91 Å². The normalized spacial score (nSPS) is 11.0. The second-order valence-corrected chi connectivity index (χ2v) is 10.2. The number of nitrogens with zero attached hydrogens (tertiary/aromatic N) is 1. The number of amides is 2. The Bertz CT molecular complexity index is 1250. The third-order valence-corrected chi connectivity index (χ3v) is 5.80. The highest BCUT2D eigenvalue weighted by Crippen LogP contribution is 2.30. The van der Waals surface area contributed by atoms with Gasteiger partial charge in [-0.2, -0.15) is 0 Å². The van der Waals surface area contributed by atoms with Gasteiger partial charge in [0.1, 0.15) is 18.0 Å². The number of nitrogens with one attached hydrogen (secondary N) is 1. The monoisotopic (exact) mass is 536 g/mol. The van der Waals surface area contributed by atoms with Crippen molar-refractivity contribution in [3.8, 4) is 11.5 Å². The highest BCUT2D eigenvalue weighted by molar-refractivity contribution is 5.94. The number of ether oxygens (including phenoxy) is 3. The zero-order valence-corrected chi connectivity index (χ0v) is 23.3. The summed E-state index contributed by atoms with van der Waals surface area (Å²) in [6.45, 7) is 8.54. The number of aryl methyl sites for hydroxylation is 1. The number of rotatable bonds is 11. The molecule has 0 heterocycles. The minimum atomic E-state index is -0.582. The maximum absolute atomic E-state index is 14.0. The van der Waals surface area contributed by atoms with E-state index in [0.717, 1.165) is 11.1 Å². The molecule has 7 nitrogen and oxygen atoms in total. The first-order valence-electron chi connectivity index (χ1n) is 12.9. The Morgan fingerprint density at radius 3 is 2.36 bits per heavy atom. The molecular formula is C31H37FN2O5. The number of methoxy groups -OCH3 is 1. The first kappa shape index (κ1) is 29.5. The molecule has 0 radical (unpaired) electrons. The third-order valence-electron chi connectivity index (χ3n) is 5.80. The van der Waals surface area contributed by atoms with Crippen LogP contribution in [0, 0.1) is 12.7 Å². The van der Waals surface area contributed by atoms with Gasteiger partial charge in [0.15, 0.2) is 11.5 Å². The molecule has 0 atom stereocenters. The molecule has 0 bridgehead atoms. The molecule has 39 heavy (non-hydrogen) atoms. The Labute approximate surface area is 229 Å². The molecule has 0 saturated carbocycles. The van der Waals surface area contributed by atoms with E-state index in [9.17, 15) is 14.0 Å². The van der Waals surface area contributed by atoms with Crippen LogP contribution in [0.2, 0.25) is 0 Å². The number of halogens is 1. The lowest BCUT2D eigenvalue weighted by molar-refractivity contribution is 0.0525. The highest BCUT2D eigenvalue weighted by Gasteiger charge is 2.19. The lowest BCUT2D eigenvalue weighted by atomic mass is 10.1. The van der Waals surface area contributed by atoms with Gasteiger partial charge in [-0.25, -0.2) is 9.18 Å². The van der Waals surface area contributed by atoms with Crippen molar-refractivity contribution in [3.05, 3.63) is 94.8 Å². The fourth-order valence-electron chi connectivity index (χ4n) is 3.83. The summed E-state index contributed by atoms with van der Waals surface area (Å²) in [5.41, 5.74) is 2.35. The number of hydrogen-bond donors (Lipinski definition) is 1. The Morgan fingerprint density at radius 1 is 0.974 bits per heavy atom. The van der Waals surface area contributed by atoms with E-state index in [2.05, 4.69) is 5.32 Å². The SMILES string of the molecule is COc1cc(CN(CCCNC(=O)OC(C)(C)C)C(=O)c2ccc(C)cc2)ccc1OCc1ccccc1F. The standard InChI is InChI=1S/C31H37FN2O5/c1-22-11-14-24(15-12-22)29(35)34(18-8-17-33-30(36)39-31(2,3)4)20-23-13-16-27(28(19-23)37-5)38-21-25-9-6-7-10-26(25)32/h6-7,9-16,19H,8,17-18,20-21H2,1-5H3,(H,33,36). The van der Waals surface area contributed by atoms with Crippen molar-refractivity contribution in [3.63, 3.8) is 0 Å². The molecule has 1 N–H and O–H groups in total. The maximum atomic E-state index is 14.0. The van der Waals surface area contributed by atoms with Crippen LogP contribution in [0.1, 0.15) is 54.2 Å². The van der Waals surface area contributed by atoms with Crippen LogP contribution in [0.15, 0.2) is 66.7 Å². The van der Waals surface area contributed by atoms with Crippen molar-refractivity contribution < 1.29 is 28.2 Å². The van der Waals surface area contributed by atoms with Crippen LogP contribution in [0.4, 0.5) is 9.18 Å². The van der Waals surface area contributed by atoms with Crippen molar-refractivity contribution in [1.29, 1.82) is 0 Å². The van der Waals surface area contributed by atoms with Gasteiger partial charge in [0.05, 0.1) is 7.11 Å². The zero-order chi connectivity index (χ0) is 28.4. The number of hydrogen-bond acceptors (Lipinski definition) is 5. The molecule has 208 valence electrons. The van der Waals surface area contributed by atoms with E-state index in [1.54, 1.807) is 49.9 Å². The van der Waals surface area contributed by atoms with E-state index in [-0.39, 0.29) is 18.3 Å². The molecule has 0 aromatic heterocycles. The first-order valence-corrected chi connectivity index (χ1v) is 12.9. The molecule has 0 aliphatic rings. The number of alkyl carbamates (subject to hydrolysis) is 1. The molecule has 0 unspecified atom stereocenters. The maximum Gasteiger partial charge on any atom is 0.407 e. The largest absolute Gasteiger partial charge is 0.493 e. The van der Waals surface area contributed by atoms with Gasteiger partial charge in [-0.1, -0.05) is 42.0 Å². The lowest BCUT2D eigenvalue weighted by Gasteiger charge is -2.24. The second-order valence-electron chi connectivity index (χ2n) is 10.2. The first-order chi connectivity index (χ1) is 18.6. The van der Waals surface area contributed by atoms with Crippen LogP contribution in [0.25, 0.3) is 0 Å². The average Bonchev–Trinajstić information content (AvgIpc) is 2.89. The molecule has 0 aliphatic carbocycles. The van der Waals surface area contributed by atoms with Crippen molar-refractivity contribution in [1.82, 2.24) is 10.2 Å². The van der Waals surface area contributed by atoms with Gasteiger partial charge in [-0.05, 0) is 70.0 Å². The van der Waals surface area contributed by atoms with Crippen molar-refractivity contribution in [2.75, 3.05) is 20.2 Å². The minimum Gasteiger partial charge on any atom is -0.493 e. The summed E-state index contributed by atoms with van der Waals surface area (Å²) in [4.78, 5) is 27.1. The van der Waals surface area contributed by atoms with E-state index in [1.165, 1.54) is 13.2 Å². The topological polar surface area (TPSA) is 77.1 Å². The van der Waals surface area contributed by atoms with Crippen molar-refractivity contribution >= 4 is 12.0 Å². The van der Waals surface area contributed by atoms with E-state index in [0.29, 0.717) is 48.7 Å². The fourth-order valence-corrected chi connectivity index (χ4v) is 3.83. The Hall–Kier alpha value is -4.07. The zero-order valence-electron chi connectivity index (χ0n) is 23.3. The summed E-state index contributed by atoms with van der Waals surface area (Å²) in [5, 5.41) is 2.74. The predicted molar refractivity (Wildman–Crippen MR) is 148 cm³/mol. The lowest BCUT2D eigenvalue weighted by Crippen LogP contribution is -2.36. The van der Waals surface area contributed by atoms with Gasteiger partial charge in [-0.15, -0.1) is 0 Å². The molecule has 0 aliphatic heterocycles. The molecular weight excluding hydrogens is 499 g/mol. The van der Waals surface area contributed by atoms with E-state index in [4.69, 9.17) is 14.2 Å². The van der Waals surface area contributed by atoms with Crippen LogP contribution in [-0.4, -0.2) is 42.7 Å². The quantitative estimate of drug-likeness (QED) is 0.292. The molecule has 8 heteroatoms. The van der Waals surface area contributed by atoms with Gasteiger partial charge in [-0.3, -0.25) is 4.79 Å². The third kappa shape index (κ3) is 9.32. The Kier molecular flexibility index (Phi) is 10.3. The van der Waals surface area contributed by atoms with Gasteiger partial charge in [0, 0.05) is 30.8 Å². The summed E-state index contributed by atoms with van der Waals surface area (Å²) in [5.74, 6) is 0.506. The van der Waals surface area contributed by atoms with Gasteiger partial charge >= 0.3 is 6.09 Å². The molecule has 0 spiro atoms. The van der Waals surface area contributed by atoms with Crippen LogP contribution >= 0.6 is 0 Å². The summed E-state index contributed by atoms with van der Waals surface area (Å²) >= 11 is 0. The summed E-state index contributed by atoms with van der Waals surface area (Å²) < 4.78 is 30.6. The Morgan fingerprint density at radius 2 is 1.69 bits per heavy atom. The van der Waals surface area contributed by atoms with Gasteiger partial charge in [0.2, 0.25) is 0 Å². The minimum absolute atomic E-state index is 0.0606. The van der Waals surface area contributed by atoms with Gasteiger partial charge < -0.3 is 24.4 Å². The summed E-state index contributed by atoms with van der Waals surface area (Å²) in [6.07, 6.45) is 0.0484. The van der Waals surface area contributed by atoms with Crippen LogP contribution in [0.5, 0.6) is 11.5 Å². The van der Waals surface area contributed by atoms with Crippen LogP contribution in [0.3, 0.4) is 0 Å². The number of carbonyl (C=O) groups is 2. The van der Waals surface area contributed by atoms with E-state index < -0.39 is 11.7 Å². The summed E-state index contributed by atoms with van der Waals surface area (Å²) in [7, 11) is 1.53. The smallest absolute Gasteiger partial charge is 0.407 e. The summed E-state index contributed by atoms with van der Waals surface area (Å²) in [6, 6.07) is 19.3. The number of carbonyl (C=O) groups excluding carboxylic acids is 2. The van der Waals surface area contributed by atoms with Crippen LogP contribution < -0.4 is 14.8 Å². The fraction of sp³-hybridized carbons (Fsp3) is 0.355. The average molecular weight is 537 g/mol. The number of benzene rings is 3. The van der Waals surface area contributed by atoms with Crippen molar-refractivity contribution in [2.24, 2.45) is 0 Å². The second kappa shape index (κ2) is 13.6. The van der Waals surface area contributed by atoms with Crippen molar-refractivity contribution in [2.45, 2.75) is 52.9 Å². The molecule has 3 rings (SSSR count). The predicted octanol–water partition coefficient (Wildman–Crippen LogP) is 6.28. The molecule has 3 aromatic carbocycles. The van der Waals surface area contributed by atoms with E-state index >= 15 is 0 Å². The highest BCUT2D eigenvalue weighted by atomic mass is 19.1. The molecule has 0 saturated heterocycles. The Balaban J connectivity index is 1.70. The molecule has 0 fully saturated rings.